The third-order valence-electron chi connectivity index (χ3n) is 4.52. The van der Waals surface area contributed by atoms with Gasteiger partial charge in [-0.3, -0.25) is 0 Å². The van der Waals surface area contributed by atoms with Crippen molar-refractivity contribution >= 4 is 16.0 Å². The zero-order chi connectivity index (χ0) is 18.0. The highest BCUT2D eigenvalue weighted by atomic mass is 32.2. The summed E-state index contributed by atoms with van der Waals surface area (Å²) in [6.45, 7) is 7.84. The van der Waals surface area contributed by atoms with Crippen molar-refractivity contribution in [3.63, 3.8) is 0 Å². The van der Waals surface area contributed by atoms with E-state index < -0.39 is 10.0 Å². The van der Waals surface area contributed by atoms with E-state index in [4.69, 9.17) is 0 Å². The summed E-state index contributed by atoms with van der Waals surface area (Å²) in [6.07, 6.45) is 2.29. The van der Waals surface area contributed by atoms with Crippen LogP contribution in [0.4, 0.5) is 5.95 Å². The van der Waals surface area contributed by atoms with Gasteiger partial charge in [0, 0.05) is 18.8 Å². The Labute approximate surface area is 149 Å². The van der Waals surface area contributed by atoms with Crippen LogP contribution in [0, 0.1) is 20.8 Å². The molecule has 0 bridgehead atoms. The highest BCUT2D eigenvalue weighted by molar-refractivity contribution is 7.89. The van der Waals surface area contributed by atoms with E-state index in [1.807, 2.05) is 32.9 Å². The fraction of sp³-hybridized carbons (Fsp3) is 0.444. The first-order chi connectivity index (χ1) is 11.8. The molecule has 2 heterocycles. The summed E-state index contributed by atoms with van der Waals surface area (Å²) in [7, 11) is -3.57. The lowest BCUT2D eigenvalue weighted by Gasteiger charge is -2.16. The van der Waals surface area contributed by atoms with E-state index >= 15 is 0 Å². The maximum Gasteiger partial charge on any atom is 0.240 e. The second-order valence-electron chi connectivity index (χ2n) is 6.57. The smallest absolute Gasteiger partial charge is 0.240 e. The summed E-state index contributed by atoms with van der Waals surface area (Å²) >= 11 is 0. The lowest BCUT2D eigenvalue weighted by Crippen LogP contribution is -2.25. The van der Waals surface area contributed by atoms with Crippen LogP contribution in [0.3, 0.4) is 0 Å². The van der Waals surface area contributed by atoms with Crippen molar-refractivity contribution in [2.45, 2.75) is 45.1 Å². The van der Waals surface area contributed by atoms with Crippen molar-refractivity contribution in [3.8, 4) is 0 Å². The molecule has 6 nitrogen and oxygen atoms in total. The molecule has 1 N–H and O–H groups in total. The number of rotatable bonds is 5. The van der Waals surface area contributed by atoms with E-state index in [0.717, 1.165) is 42.8 Å². The van der Waals surface area contributed by atoms with Crippen molar-refractivity contribution in [1.29, 1.82) is 0 Å². The Morgan fingerprint density at radius 1 is 1.04 bits per heavy atom. The van der Waals surface area contributed by atoms with Crippen LogP contribution in [0.25, 0.3) is 0 Å². The van der Waals surface area contributed by atoms with Gasteiger partial charge in [0.25, 0.3) is 0 Å². The topological polar surface area (TPSA) is 75.2 Å². The number of anilines is 1. The number of nitrogens with zero attached hydrogens (tertiary/aromatic N) is 3. The van der Waals surface area contributed by atoms with E-state index in [1.54, 1.807) is 12.1 Å². The minimum atomic E-state index is -3.57. The lowest BCUT2D eigenvalue weighted by atomic mass is 10.1. The molecule has 0 saturated carbocycles. The predicted molar refractivity (Wildman–Crippen MR) is 98.2 cm³/mol. The highest BCUT2D eigenvalue weighted by Gasteiger charge is 2.18. The van der Waals surface area contributed by atoms with Crippen LogP contribution >= 0.6 is 0 Å². The summed E-state index contributed by atoms with van der Waals surface area (Å²) in [5.74, 6) is 0.692. The Balaban J connectivity index is 1.77. The number of aryl methyl sites for hydroxylation is 3. The molecule has 7 heteroatoms. The SMILES string of the molecule is Cc1cc(CNS(=O)(=O)c2ccc(C)c(C)c2)nc(N2CCCC2)n1. The summed E-state index contributed by atoms with van der Waals surface area (Å²) < 4.78 is 27.7. The number of sulfonamides is 1. The second kappa shape index (κ2) is 7.09. The zero-order valence-electron chi connectivity index (χ0n) is 14.9. The van der Waals surface area contributed by atoms with Crippen LogP contribution < -0.4 is 9.62 Å². The van der Waals surface area contributed by atoms with Gasteiger partial charge < -0.3 is 4.90 Å². The van der Waals surface area contributed by atoms with Crippen LogP contribution in [0.15, 0.2) is 29.2 Å². The van der Waals surface area contributed by atoms with Crippen LogP contribution in [0.5, 0.6) is 0 Å². The van der Waals surface area contributed by atoms with Crippen LogP contribution in [-0.4, -0.2) is 31.5 Å². The normalized spacial score (nSPS) is 14.9. The zero-order valence-corrected chi connectivity index (χ0v) is 15.7. The molecule has 0 radical (unpaired) electrons. The standard InChI is InChI=1S/C18H24N4O2S/c1-13-6-7-17(10-14(13)2)25(23,24)19-12-16-11-15(3)20-18(21-16)22-8-4-5-9-22/h6-7,10-11,19H,4-5,8-9,12H2,1-3H3. The van der Waals surface area contributed by atoms with Gasteiger partial charge in [-0.2, -0.15) is 0 Å². The second-order valence-corrected chi connectivity index (χ2v) is 8.33. The molecule has 1 aromatic heterocycles. The predicted octanol–water partition coefficient (Wildman–Crippen LogP) is 2.48. The molecule has 1 aliphatic heterocycles. The molecular formula is C18H24N4O2S. The van der Waals surface area contributed by atoms with Gasteiger partial charge >= 0.3 is 0 Å². The average molecular weight is 360 g/mol. The first-order valence-electron chi connectivity index (χ1n) is 8.51. The van der Waals surface area contributed by atoms with Gasteiger partial charge in [0.2, 0.25) is 16.0 Å². The maximum absolute atomic E-state index is 12.5. The lowest BCUT2D eigenvalue weighted by molar-refractivity contribution is 0.580. The number of benzene rings is 1. The Hall–Kier alpha value is -1.99. The minimum Gasteiger partial charge on any atom is -0.341 e. The summed E-state index contributed by atoms with van der Waals surface area (Å²) in [4.78, 5) is 11.4. The summed E-state index contributed by atoms with van der Waals surface area (Å²) in [5.41, 5.74) is 3.55. The molecule has 0 atom stereocenters. The molecule has 0 amide bonds. The minimum absolute atomic E-state index is 0.152. The van der Waals surface area contributed by atoms with Gasteiger partial charge in [-0.1, -0.05) is 6.07 Å². The molecule has 134 valence electrons. The largest absolute Gasteiger partial charge is 0.341 e. The van der Waals surface area contributed by atoms with Crippen LogP contribution in [0.2, 0.25) is 0 Å². The van der Waals surface area contributed by atoms with Crippen LogP contribution in [0.1, 0.15) is 35.4 Å². The molecule has 1 saturated heterocycles. The quantitative estimate of drug-likeness (QED) is 0.887. The van der Waals surface area contributed by atoms with E-state index in [0.29, 0.717) is 11.6 Å². The fourth-order valence-corrected chi connectivity index (χ4v) is 3.98. The molecule has 25 heavy (non-hydrogen) atoms. The highest BCUT2D eigenvalue weighted by Crippen LogP contribution is 2.18. The molecule has 0 spiro atoms. The van der Waals surface area contributed by atoms with Crippen molar-refractivity contribution in [2.75, 3.05) is 18.0 Å². The molecule has 2 aromatic rings. The van der Waals surface area contributed by atoms with E-state index in [1.165, 1.54) is 0 Å². The monoisotopic (exact) mass is 360 g/mol. The van der Waals surface area contributed by atoms with E-state index in [9.17, 15) is 8.42 Å². The van der Waals surface area contributed by atoms with Gasteiger partial charge in [0.15, 0.2) is 0 Å². The summed E-state index contributed by atoms with van der Waals surface area (Å²) in [5, 5.41) is 0. The summed E-state index contributed by atoms with van der Waals surface area (Å²) in [6, 6.07) is 6.97. The molecule has 1 aliphatic rings. The van der Waals surface area contributed by atoms with Gasteiger partial charge in [-0.15, -0.1) is 0 Å². The van der Waals surface area contributed by atoms with E-state index in [-0.39, 0.29) is 11.4 Å². The van der Waals surface area contributed by atoms with Crippen molar-refractivity contribution in [2.24, 2.45) is 0 Å². The molecule has 1 aromatic carbocycles. The molecule has 3 rings (SSSR count). The Bertz CT molecular complexity index is 875. The fourth-order valence-electron chi connectivity index (χ4n) is 2.90. The number of hydrogen-bond donors (Lipinski definition) is 1. The average Bonchev–Trinajstić information content (AvgIpc) is 3.09. The molecule has 0 aliphatic carbocycles. The molecule has 1 fully saturated rings. The van der Waals surface area contributed by atoms with Gasteiger partial charge in [0.1, 0.15) is 0 Å². The maximum atomic E-state index is 12.5. The number of aromatic nitrogens is 2. The number of hydrogen-bond acceptors (Lipinski definition) is 5. The van der Waals surface area contributed by atoms with Crippen molar-refractivity contribution in [3.05, 3.63) is 46.8 Å². The van der Waals surface area contributed by atoms with Crippen LogP contribution in [-0.2, 0) is 16.6 Å². The van der Waals surface area contributed by atoms with Gasteiger partial charge in [-0.05, 0) is 62.9 Å². The van der Waals surface area contributed by atoms with Gasteiger partial charge in [-0.25, -0.2) is 23.1 Å². The molecular weight excluding hydrogens is 336 g/mol. The Kier molecular flexibility index (Phi) is 5.06. The third-order valence-corrected chi connectivity index (χ3v) is 5.92. The Morgan fingerprint density at radius 3 is 2.44 bits per heavy atom. The van der Waals surface area contributed by atoms with Gasteiger partial charge in [0.05, 0.1) is 17.1 Å². The first-order valence-corrected chi connectivity index (χ1v) is 10.00. The van der Waals surface area contributed by atoms with Crippen molar-refractivity contribution < 1.29 is 8.42 Å². The Morgan fingerprint density at radius 2 is 1.76 bits per heavy atom. The first kappa shape index (κ1) is 17.8. The molecule has 0 unspecified atom stereocenters. The number of nitrogens with one attached hydrogen (secondary N) is 1. The van der Waals surface area contributed by atoms with E-state index in [2.05, 4.69) is 19.6 Å². The third kappa shape index (κ3) is 4.16. The van der Waals surface area contributed by atoms with Crippen molar-refractivity contribution in [1.82, 2.24) is 14.7 Å².